The molecule has 11 heteroatoms. The lowest BCUT2D eigenvalue weighted by Crippen LogP contribution is -2.58. The molecule has 0 heterocycles. The molecule has 0 unspecified atom stereocenters. The maximum absolute atomic E-state index is 13.7. The molecular weight excluding hydrogens is 301 g/mol. The molecule has 0 aliphatic heterocycles. The van der Waals surface area contributed by atoms with Gasteiger partial charge in [-0.1, -0.05) is 16.8 Å². The van der Waals surface area contributed by atoms with Crippen LogP contribution in [0.3, 0.4) is 0 Å². The van der Waals surface area contributed by atoms with Gasteiger partial charge in [0.05, 0.1) is 29.2 Å². The van der Waals surface area contributed by atoms with Crippen molar-refractivity contribution in [2.45, 2.75) is 11.4 Å². The van der Waals surface area contributed by atoms with Gasteiger partial charge in [-0.05, 0) is 12.1 Å². The van der Waals surface area contributed by atoms with Crippen molar-refractivity contribution in [2.75, 3.05) is 4.90 Å². The maximum Gasteiger partial charge on any atom is 0.471 e. The number of carbonyl (C=O) groups excluding carboxylic acids is 1. The van der Waals surface area contributed by atoms with Crippen LogP contribution in [0.5, 0.6) is 0 Å². The topological polar surface area (TPSA) is 20.3 Å². The van der Waals surface area contributed by atoms with Crippen LogP contribution in [0.25, 0.3) is 0 Å². The van der Waals surface area contributed by atoms with Gasteiger partial charge in [0, 0.05) is 0 Å². The highest BCUT2D eigenvalue weighted by molar-refractivity contribution is 6.62. The van der Waals surface area contributed by atoms with Crippen molar-refractivity contribution < 1.29 is 26.7 Å². The summed E-state index contributed by atoms with van der Waals surface area (Å²) in [6.45, 7) is 0. The predicted octanol–water partition coefficient (Wildman–Crippen LogP) is 1.63. The number of anilines is 1. The first-order valence-electron chi connectivity index (χ1n) is 4.79. The number of amides is 1. The largest absolute Gasteiger partial charge is 0.471 e. The molecule has 0 aliphatic rings. The second kappa shape index (κ2) is 5.31. The fourth-order valence-electron chi connectivity index (χ4n) is 1.31. The Balaban J connectivity index is 3.49. The number of halogens is 6. The second-order valence-corrected chi connectivity index (χ2v) is 4.10. The zero-order valence-corrected chi connectivity index (χ0v) is 10.3. The van der Waals surface area contributed by atoms with Crippen molar-refractivity contribution in [3.8, 4) is 0 Å². The average molecular weight is 303 g/mol. The lowest BCUT2D eigenvalue weighted by Gasteiger charge is -2.38. The number of carbonyl (C=O) groups is 1. The van der Waals surface area contributed by atoms with Gasteiger partial charge in [0.1, 0.15) is 10.8 Å². The predicted molar refractivity (Wildman–Crippen MR) is 64.9 cm³/mol. The van der Waals surface area contributed by atoms with E-state index in [1.807, 2.05) is 0 Å². The third kappa shape index (κ3) is 3.28. The van der Waals surface area contributed by atoms with E-state index in [2.05, 4.69) is 0 Å². The molecule has 0 saturated heterocycles. The maximum atomic E-state index is 13.7. The Bertz CT molecular complexity index is 546. The number of nitrogens with zero attached hydrogens (tertiary/aromatic N) is 1. The lowest BCUT2D eigenvalue weighted by atomic mass is 9.48. The van der Waals surface area contributed by atoms with Gasteiger partial charge >= 0.3 is 12.1 Å². The fourth-order valence-corrected chi connectivity index (χ4v) is 1.47. The van der Waals surface area contributed by atoms with Gasteiger partial charge in [-0.2, -0.15) is 13.2 Å². The summed E-state index contributed by atoms with van der Waals surface area (Å²) in [4.78, 5) is 10.8. The summed E-state index contributed by atoms with van der Waals surface area (Å²) in [5, 5.41) is -4.01. The summed E-state index contributed by atoms with van der Waals surface area (Å²) >= 11 is 5.20. The molecule has 1 amide bonds. The van der Waals surface area contributed by atoms with Gasteiger partial charge in [0.15, 0.2) is 5.82 Å². The quantitative estimate of drug-likeness (QED) is 0.462. The van der Waals surface area contributed by atoms with Crippen molar-refractivity contribution in [2.24, 2.45) is 0 Å². The number of alkyl halides is 3. The van der Waals surface area contributed by atoms with Crippen molar-refractivity contribution in [1.82, 2.24) is 0 Å². The minimum Gasteiger partial charge on any atom is -0.322 e. The van der Waals surface area contributed by atoms with E-state index < -0.39 is 44.6 Å². The van der Waals surface area contributed by atoms with Gasteiger partial charge in [-0.3, -0.25) is 4.79 Å². The van der Waals surface area contributed by atoms with Gasteiger partial charge in [-0.25, -0.2) is 8.78 Å². The van der Waals surface area contributed by atoms with Gasteiger partial charge in [0.25, 0.3) is 0 Å². The first kappa shape index (κ1) is 16.9. The summed E-state index contributed by atoms with van der Waals surface area (Å²) in [5.41, 5.74) is -1.11. The lowest BCUT2D eigenvalue weighted by molar-refractivity contribution is -0.170. The molecule has 0 spiro atoms. The summed E-state index contributed by atoms with van der Waals surface area (Å²) in [6, 6.07) is 1.03. The highest BCUT2D eigenvalue weighted by Gasteiger charge is 2.46. The molecule has 0 aromatic heterocycles. The van der Waals surface area contributed by atoms with Gasteiger partial charge in [-0.15, -0.1) is 0 Å². The van der Waals surface area contributed by atoms with Crippen LogP contribution < -0.4 is 4.90 Å². The van der Waals surface area contributed by atoms with Crippen LogP contribution in [-0.2, 0) is 4.79 Å². The third-order valence-corrected chi connectivity index (χ3v) is 2.44. The summed E-state index contributed by atoms with van der Waals surface area (Å²) in [6.07, 6.45) is -5.43. The van der Waals surface area contributed by atoms with E-state index in [1.165, 1.54) is 0 Å². The minimum atomic E-state index is -5.43. The standard InChI is InChI=1S/C9H2B3ClF5NO/c10-9(11,12)19(7(20)8(16,17)18)4-2-1-3(14)5(13)6(4)15/h1-2H. The fraction of sp³-hybridized carbons (Fsp3) is 0.222. The van der Waals surface area contributed by atoms with E-state index in [0.717, 1.165) is 0 Å². The molecular formula is C9H2B3ClF5NO. The van der Waals surface area contributed by atoms with Crippen molar-refractivity contribution in [3.63, 3.8) is 0 Å². The first-order chi connectivity index (χ1) is 8.87. The minimum absolute atomic E-state index is 0.465. The second-order valence-electron chi connectivity index (χ2n) is 3.72. The summed E-state index contributed by atoms with van der Waals surface area (Å²) < 4.78 is 64.0. The van der Waals surface area contributed by atoms with Crippen molar-refractivity contribution >= 4 is 46.7 Å². The Labute approximate surface area is 119 Å². The monoisotopic (exact) mass is 303 g/mol. The highest BCUT2D eigenvalue weighted by atomic mass is 35.5. The zero-order chi connectivity index (χ0) is 15.9. The van der Waals surface area contributed by atoms with Crippen LogP contribution >= 0.6 is 11.6 Å². The molecule has 1 aromatic rings. The van der Waals surface area contributed by atoms with Crippen LogP contribution in [0, 0.1) is 11.6 Å². The van der Waals surface area contributed by atoms with E-state index in [0.29, 0.717) is 12.1 Å². The summed E-state index contributed by atoms with van der Waals surface area (Å²) in [5.74, 6) is -5.54. The van der Waals surface area contributed by atoms with Crippen LogP contribution in [0.15, 0.2) is 12.1 Å². The first-order valence-corrected chi connectivity index (χ1v) is 5.16. The Kier molecular flexibility index (Phi) is 4.48. The zero-order valence-electron chi connectivity index (χ0n) is 9.51. The molecule has 100 valence electrons. The Morgan fingerprint density at radius 2 is 1.65 bits per heavy atom. The molecule has 0 bridgehead atoms. The highest BCUT2D eigenvalue weighted by Crippen LogP contribution is 2.33. The molecule has 0 fully saturated rings. The third-order valence-electron chi connectivity index (χ3n) is 2.09. The van der Waals surface area contributed by atoms with Crippen LogP contribution in [0.2, 0.25) is 5.02 Å². The normalized spacial score (nSPS) is 12.3. The summed E-state index contributed by atoms with van der Waals surface area (Å²) in [7, 11) is 15.1. The van der Waals surface area contributed by atoms with Gasteiger partial charge < -0.3 is 4.90 Å². The number of hydrogen-bond donors (Lipinski definition) is 0. The average Bonchev–Trinajstić information content (AvgIpc) is 2.26. The molecule has 0 atom stereocenters. The van der Waals surface area contributed by atoms with Gasteiger partial charge in [0.2, 0.25) is 0 Å². The molecule has 0 aliphatic carbocycles. The number of benzene rings is 1. The molecule has 2 nitrogen and oxygen atoms in total. The Hall–Kier alpha value is -1.18. The molecule has 6 radical (unpaired) electrons. The van der Waals surface area contributed by atoms with E-state index in [1.54, 1.807) is 0 Å². The molecule has 0 N–H and O–H groups in total. The van der Waals surface area contributed by atoms with Crippen LogP contribution in [0.1, 0.15) is 0 Å². The number of rotatable bonds is 2. The molecule has 1 aromatic carbocycles. The van der Waals surface area contributed by atoms with Crippen LogP contribution in [-0.4, -0.2) is 40.9 Å². The SMILES string of the molecule is [B]C([B])([B])N(C(=O)C(F)(F)F)c1ccc(F)c(Cl)c1F. The van der Waals surface area contributed by atoms with Crippen LogP contribution in [0.4, 0.5) is 27.6 Å². The van der Waals surface area contributed by atoms with E-state index in [-0.39, 0.29) is 0 Å². The smallest absolute Gasteiger partial charge is 0.322 e. The molecule has 20 heavy (non-hydrogen) atoms. The number of hydrogen-bond acceptors (Lipinski definition) is 1. The molecule has 1 rings (SSSR count). The molecule has 0 saturated carbocycles. The van der Waals surface area contributed by atoms with E-state index in [9.17, 15) is 26.7 Å². The van der Waals surface area contributed by atoms with Crippen molar-refractivity contribution in [1.29, 1.82) is 0 Å². The van der Waals surface area contributed by atoms with Crippen molar-refractivity contribution in [3.05, 3.63) is 28.8 Å². The van der Waals surface area contributed by atoms with E-state index in [4.69, 9.17) is 35.1 Å². The Morgan fingerprint density at radius 3 is 2.05 bits per heavy atom. The Morgan fingerprint density at radius 1 is 1.15 bits per heavy atom. The van der Waals surface area contributed by atoms with E-state index >= 15 is 0 Å².